The lowest BCUT2D eigenvalue weighted by atomic mass is 9.88. The molecule has 4 aromatic rings. The molecule has 0 radical (unpaired) electrons. The van der Waals surface area contributed by atoms with E-state index in [0.29, 0.717) is 37.3 Å². The van der Waals surface area contributed by atoms with Gasteiger partial charge in [0, 0.05) is 43.3 Å². The van der Waals surface area contributed by atoms with Crippen molar-refractivity contribution < 1.29 is 13.2 Å². The summed E-state index contributed by atoms with van der Waals surface area (Å²) < 4.78 is 43.6. The molecular weight excluding hydrogens is 473 g/mol. The maximum atomic E-state index is 14.5. The number of anilines is 2. The van der Waals surface area contributed by atoms with Crippen molar-refractivity contribution in [2.75, 3.05) is 36.0 Å². The number of benzene rings is 2. The number of nitrogens with zero attached hydrogens (tertiary/aromatic N) is 4. The van der Waals surface area contributed by atoms with Crippen molar-refractivity contribution in [2.45, 2.75) is 39.3 Å². The first-order valence-electron chi connectivity index (χ1n) is 12.5. The minimum absolute atomic E-state index is 0.0145. The molecule has 0 amide bonds. The van der Waals surface area contributed by atoms with Crippen LogP contribution in [0.1, 0.15) is 37.5 Å². The fourth-order valence-corrected chi connectivity index (χ4v) is 4.91. The van der Waals surface area contributed by atoms with Crippen LogP contribution in [0.2, 0.25) is 0 Å². The first kappa shape index (κ1) is 25.1. The molecule has 2 aromatic heterocycles. The van der Waals surface area contributed by atoms with Gasteiger partial charge in [-0.25, -0.2) is 4.98 Å². The van der Waals surface area contributed by atoms with Crippen LogP contribution in [0.25, 0.3) is 22.0 Å². The van der Waals surface area contributed by atoms with Gasteiger partial charge in [0.15, 0.2) is 0 Å². The fraction of sp³-hybridized carbons (Fsp3) is 0.333. The average molecular weight is 505 g/mol. The highest BCUT2D eigenvalue weighted by molar-refractivity contribution is 5.98. The van der Waals surface area contributed by atoms with Crippen LogP contribution in [0, 0.1) is 6.92 Å². The van der Waals surface area contributed by atoms with Gasteiger partial charge >= 0.3 is 6.18 Å². The predicted octanol–water partition coefficient (Wildman–Crippen LogP) is 7.25. The summed E-state index contributed by atoms with van der Waals surface area (Å²) in [6.45, 7) is 10.5. The lowest BCUT2D eigenvalue weighted by molar-refractivity contribution is -0.135. The van der Waals surface area contributed by atoms with E-state index in [0.717, 1.165) is 22.5 Å². The van der Waals surface area contributed by atoms with Crippen LogP contribution in [-0.4, -0.2) is 36.1 Å². The molecule has 37 heavy (non-hydrogen) atoms. The summed E-state index contributed by atoms with van der Waals surface area (Å²) in [5.74, 6) is 0.850. The van der Waals surface area contributed by atoms with Crippen molar-refractivity contribution in [1.82, 2.24) is 9.97 Å². The number of piperazine rings is 1. The van der Waals surface area contributed by atoms with Gasteiger partial charge in [0.1, 0.15) is 5.82 Å². The second kappa shape index (κ2) is 9.36. The van der Waals surface area contributed by atoms with E-state index in [-0.39, 0.29) is 16.5 Å². The Morgan fingerprint density at radius 2 is 1.43 bits per heavy atom. The Labute approximate surface area is 215 Å². The van der Waals surface area contributed by atoms with Gasteiger partial charge in [-0.2, -0.15) is 13.2 Å². The molecule has 1 aliphatic rings. The van der Waals surface area contributed by atoms with Crippen LogP contribution >= 0.6 is 0 Å². The maximum Gasteiger partial charge on any atom is 0.419 e. The number of pyridine rings is 2. The normalized spacial score (nSPS) is 14.9. The van der Waals surface area contributed by atoms with E-state index < -0.39 is 11.7 Å². The Bertz CT molecular complexity index is 1400. The van der Waals surface area contributed by atoms with Crippen molar-refractivity contribution >= 4 is 22.4 Å². The SMILES string of the molecule is Cc1ccc(-c2cccc3c(C(F)(F)F)c(N4CCN(c5ccc(C(C)(C)C)cn5)CC4)cnc23)cc1. The van der Waals surface area contributed by atoms with E-state index in [9.17, 15) is 13.2 Å². The number of fused-ring (bicyclic) bond motifs is 1. The van der Waals surface area contributed by atoms with E-state index in [2.05, 4.69) is 41.7 Å². The molecule has 0 unspecified atom stereocenters. The minimum Gasteiger partial charge on any atom is -0.366 e. The maximum absolute atomic E-state index is 14.5. The van der Waals surface area contributed by atoms with Crippen LogP contribution in [0.4, 0.5) is 24.7 Å². The van der Waals surface area contributed by atoms with Crippen LogP contribution in [0.15, 0.2) is 67.0 Å². The second-order valence-electron chi connectivity index (χ2n) is 10.7. The Morgan fingerprint density at radius 1 is 0.757 bits per heavy atom. The highest BCUT2D eigenvalue weighted by Crippen LogP contribution is 2.43. The molecule has 7 heteroatoms. The molecule has 3 heterocycles. The molecule has 4 nitrogen and oxygen atoms in total. The van der Waals surface area contributed by atoms with Crippen LogP contribution in [0.3, 0.4) is 0 Å². The average Bonchev–Trinajstić information content (AvgIpc) is 2.87. The molecule has 0 aliphatic carbocycles. The lowest BCUT2D eigenvalue weighted by Crippen LogP contribution is -2.47. The zero-order chi connectivity index (χ0) is 26.4. The molecule has 1 aliphatic heterocycles. The highest BCUT2D eigenvalue weighted by Gasteiger charge is 2.38. The van der Waals surface area contributed by atoms with E-state index in [1.54, 1.807) is 11.0 Å². The predicted molar refractivity (Wildman–Crippen MR) is 144 cm³/mol. The summed E-state index contributed by atoms with van der Waals surface area (Å²) in [6, 6.07) is 16.9. The Kier molecular flexibility index (Phi) is 6.34. The van der Waals surface area contributed by atoms with Crippen molar-refractivity contribution in [3.8, 4) is 11.1 Å². The smallest absolute Gasteiger partial charge is 0.366 e. The van der Waals surface area contributed by atoms with Gasteiger partial charge in [-0.1, -0.05) is 74.9 Å². The number of para-hydroxylation sites is 1. The Morgan fingerprint density at radius 3 is 2.03 bits per heavy atom. The quantitative estimate of drug-likeness (QED) is 0.294. The van der Waals surface area contributed by atoms with Crippen LogP contribution in [-0.2, 0) is 11.6 Å². The van der Waals surface area contributed by atoms with Crippen LogP contribution < -0.4 is 9.80 Å². The molecule has 0 saturated carbocycles. The third-order valence-corrected chi connectivity index (χ3v) is 7.08. The summed E-state index contributed by atoms with van der Waals surface area (Å²) in [6.07, 6.45) is -1.22. The third-order valence-electron chi connectivity index (χ3n) is 7.08. The zero-order valence-corrected chi connectivity index (χ0v) is 21.6. The molecule has 0 bridgehead atoms. The first-order valence-corrected chi connectivity index (χ1v) is 12.5. The number of hydrogen-bond donors (Lipinski definition) is 0. The largest absolute Gasteiger partial charge is 0.419 e. The van der Waals surface area contributed by atoms with E-state index in [4.69, 9.17) is 0 Å². The van der Waals surface area contributed by atoms with Crippen molar-refractivity contribution in [3.63, 3.8) is 0 Å². The number of hydrogen-bond acceptors (Lipinski definition) is 4. The number of aryl methyl sites for hydroxylation is 1. The van der Waals surface area contributed by atoms with Gasteiger partial charge in [0.05, 0.1) is 23.0 Å². The van der Waals surface area contributed by atoms with Gasteiger partial charge in [-0.3, -0.25) is 4.98 Å². The van der Waals surface area contributed by atoms with E-state index >= 15 is 0 Å². The summed E-state index contributed by atoms with van der Waals surface area (Å²) >= 11 is 0. The Balaban J connectivity index is 1.46. The fourth-order valence-electron chi connectivity index (χ4n) is 4.91. The lowest BCUT2D eigenvalue weighted by Gasteiger charge is -2.38. The van der Waals surface area contributed by atoms with Crippen molar-refractivity contribution in [3.05, 3.63) is 83.7 Å². The first-order chi connectivity index (χ1) is 17.5. The summed E-state index contributed by atoms with van der Waals surface area (Å²) in [5.41, 5.74) is 3.69. The monoisotopic (exact) mass is 504 g/mol. The van der Waals surface area contributed by atoms with Gasteiger partial charge in [-0.15, -0.1) is 0 Å². The van der Waals surface area contributed by atoms with E-state index in [1.807, 2.05) is 49.5 Å². The molecule has 0 N–H and O–H groups in total. The highest BCUT2D eigenvalue weighted by atomic mass is 19.4. The molecule has 192 valence electrons. The zero-order valence-electron chi connectivity index (χ0n) is 21.6. The minimum atomic E-state index is -4.51. The van der Waals surface area contributed by atoms with E-state index in [1.165, 1.54) is 12.3 Å². The summed E-state index contributed by atoms with van der Waals surface area (Å²) in [5, 5.41) is 0.130. The van der Waals surface area contributed by atoms with Gasteiger partial charge in [0.25, 0.3) is 0 Å². The number of halogens is 3. The molecule has 1 fully saturated rings. The van der Waals surface area contributed by atoms with Crippen molar-refractivity contribution in [2.24, 2.45) is 0 Å². The molecule has 0 spiro atoms. The van der Waals surface area contributed by atoms with Gasteiger partial charge in [-0.05, 0) is 29.5 Å². The van der Waals surface area contributed by atoms with Gasteiger partial charge in [0.2, 0.25) is 0 Å². The molecule has 2 aromatic carbocycles. The molecule has 0 atom stereocenters. The molecule has 5 rings (SSSR count). The number of aromatic nitrogens is 2. The van der Waals surface area contributed by atoms with Gasteiger partial charge < -0.3 is 9.80 Å². The molecular formula is C30H31F3N4. The Hall–Kier alpha value is -3.61. The number of rotatable bonds is 3. The molecule has 1 saturated heterocycles. The second-order valence-corrected chi connectivity index (χ2v) is 10.7. The topological polar surface area (TPSA) is 32.3 Å². The van der Waals surface area contributed by atoms with Crippen LogP contribution in [0.5, 0.6) is 0 Å². The summed E-state index contributed by atoms with van der Waals surface area (Å²) in [7, 11) is 0. The standard InChI is InChI=1S/C30H31F3N4/c1-20-8-10-21(11-9-20)23-6-5-7-24-27(30(31,32)33)25(19-35-28(23)24)36-14-16-37(17-15-36)26-13-12-22(18-34-26)29(2,3)4/h5-13,18-19H,14-17H2,1-4H3. The number of alkyl halides is 3. The van der Waals surface area contributed by atoms with Crippen molar-refractivity contribution in [1.29, 1.82) is 0 Å². The summed E-state index contributed by atoms with van der Waals surface area (Å²) in [4.78, 5) is 13.1. The third kappa shape index (κ3) is 4.99.